The van der Waals surface area contributed by atoms with E-state index >= 15 is 0 Å². The zero-order valence-electron chi connectivity index (χ0n) is 16.2. The molecule has 1 aromatic rings. The van der Waals surface area contributed by atoms with E-state index in [9.17, 15) is 4.79 Å². The second-order valence-electron chi connectivity index (χ2n) is 8.48. The molecule has 1 atom stereocenters. The summed E-state index contributed by atoms with van der Waals surface area (Å²) < 4.78 is 2.37. The van der Waals surface area contributed by atoms with E-state index in [0.29, 0.717) is 5.92 Å². The minimum absolute atomic E-state index is 0.184. The molecule has 1 aliphatic carbocycles. The number of nitrogens with zero attached hydrogens (tertiary/aromatic N) is 5. The summed E-state index contributed by atoms with van der Waals surface area (Å²) in [5, 5.41) is 9.08. The summed E-state index contributed by atoms with van der Waals surface area (Å²) in [6, 6.07) is 0. The lowest BCUT2D eigenvalue weighted by Gasteiger charge is -2.32. The Balaban J connectivity index is 1.40. The maximum Gasteiger partial charge on any atom is 0.219 e. The first-order valence-electron chi connectivity index (χ1n) is 10.6. The molecule has 0 radical (unpaired) electrons. The van der Waals surface area contributed by atoms with Gasteiger partial charge in [-0.1, -0.05) is 19.3 Å². The lowest BCUT2D eigenvalue weighted by atomic mass is 9.89. The van der Waals surface area contributed by atoms with Gasteiger partial charge in [-0.25, -0.2) is 0 Å². The van der Waals surface area contributed by atoms with Crippen molar-refractivity contribution < 1.29 is 4.79 Å². The molecule has 144 valence electrons. The van der Waals surface area contributed by atoms with E-state index in [2.05, 4.69) is 19.7 Å². The third-order valence-electron chi connectivity index (χ3n) is 6.62. The quantitative estimate of drug-likeness (QED) is 0.832. The largest absolute Gasteiger partial charge is 0.342 e. The molecule has 3 aliphatic rings. The Kier molecular flexibility index (Phi) is 5.57. The van der Waals surface area contributed by atoms with Gasteiger partial charge in [0.25, 0.3) is 0 Å². The summed E-state index contributed by atoms with van der Waals surface area (Å²) in [4.78, 5) is 16.4. The van der Waals surface area contributed by atoms with Gasteiger partial charge in [-0.15, -0.1) is 10.2 Å². The van der Waals surface area contributed by atoms with Crippen LogP contribution in [0.4, 0.5) is 0 Å². The van der Waals surface area contributed by atoms with Gasteiger partial charge in [0.2, 0.25) is 5.91 Å². The smallest absolute Gasteiger partial charge is 0.219 e. The van der Waals surface area contributed by atoms with Crippen molar-refractivity contribution in [3.8, 4) is 0 Å². The van der Waals surface area contributed by atoms with Crippen LogP contribution in [0.1, 0.15) is 69.4 Å². The molecule has 1 saturated carbocycles. The Labute approximate surface area is 156 Å². The lowest BCUT2D eigenvalue weighted by molar-refractivity contribution is -0.130. The van der Waals surface area contributed by atoms with Crippen LogP contribution in [0.2, 0.25) is 0 Å². The summed E-state index contributed by atoms with van der Waals surface area (Å²) in [6.45, 7) is 7.85. The number of likely N-dealkylation sites (tertiary alicyclic amines) is 1. The third-order valence-corrected chi connectivity index (χ3v) is 6.62. The van der Waals surface area contributed by atoms with Gasteiger partial charge in [-0.3, -0.25) is 4.79 Å². The first kappa shape index (κ1) is 18.0. The van der Waals surface area contributed by atoms with E-state index in [-0.39, 0.29) is 5.91 Å². The summed E-state index contributed by atoms with van der Waals surface area (Å²) in [6.07, 6.45) is 10.3. The fourth-order valence-electron chi connectivity index (χ4n) is 5.08. The van der Waals surface area contributed by atoms with Crippen LogP contribution in [-0.4, -0.2) is 63.2 Å². The molecule has 6 heteroatoms. The summed E-state index contributed by atoms with van der Waals surface area (Å²) >= 11 is 0. The van der Waals surface area contributed by atoms with E-state index in [1.165, 1.54) is 38.6 Å². The van der Waals surface area contributed by atoms with Crippen LogP contribution in [-0.2, 0) is 17.8 Å². The van der Waals surface area contributed by atoms with E-state index in [1.807, 2.05) is 4.90 Å². The lowest BCUT2D eigenvalue weighted by Crippen LogP contribution is -2.38. The average Bonchev–Trinajstić information content (AvgIpc) is 2.97. The molecule has 2 fully saturated rings. The van der Waals surface area contributed by atoms with Gasteiger partial charge in [0.1, 0.15) is 11.6 Å². The van der Waals surface area contributed by atoms with Crippen molar-refractivity contribution in [3.63, 3.8) is 0 Å². The van der Waals surface area contributed by atoms with Gasteiger partial charge in [-0.05, 0) is 31.6 Å². The first-order valence-corrected chi connectivity index (χ1v) is 10.6. The number of aromatic nitrogens is 3. The zero-order chi connectivity index (χ0) is 17.9. The highest BCUT2D eigenvalue weighted by atomic mass is 16.2. The van der Waals surface area contributed by atoms with Gasteiger partial charge >= 0.3 is 0 Å². The van der Waals surface area contributed by atoms with Gasteiger partial charge < -0.3 is 14.4 Å². The minimum atomic E-state index is 0.184. The highest BCUT2D eigenvalue weighted by molar-refractivity contribution is 5.73. The van der Waals surface area contributed by atoms with Gasteiger partial charge in [0, 0.05) is 58.5 Å². The number of carbonyl (C=O) groups is 1. The molecule has 1 amide bonds. The predicted octanol–water partition coefficient (Wildman–Crippen LogP) is 2.44. The van der Waals surface area contributed by atoms with Crippen molar-refractivity contribution in [3.05, 3.63) is 11.6 Å². The van der Waals surface area contributed by atoms with E-state index in [0.717, 1.165) is 69.6 Å². The van der Waals surface area contributed by atoms with E-state index in [1.54, 1.807) is 6.92 Å². The van der Waals surface area contributed by atoms with Crippen LogP contribution < -0.4 is 0 Å². The maximum atomic E-state index is 11.8. The molecule has 0 N–H and O–H groups in total. The van der Waals surface area contributed by atoms with Crippen LogP contribution in [0, 0.1) is 5.92 Å². The fraction of sp³-hybridized carbons (Fsp3) is 0.850. The zero-order valence-corrected chi connectivity index (χ0v) is 16.2. The van der Waals surface area contributed by atoms with Gasteiger partial charge in [0.05, 0.1) is 0 Å². The molecule has 0 bridgehead atoms. The number of carbonyl (C=O) groups excluding carboxylic acids is 1. The van der Waals surface area contributed by atoms with Crippen molar-refractivity contribution in [1.29, 1.82) is 0 Å². The van der Waals surface area contributed by atoms with Crippen LogP contribution >= 0.6 is 0 Å². The molecular formula is C20H33N5O. The van der Waals surface area contributed by atoms with Crippen molar-refractivity contribution in [2.75, 3.05) is 32.7 Å². The van der Waals surface area contributed by atoms with Crippen molar-refractivity contribution >= 4 is 5.91 Å². The number of hydrogen-bond donors (Lipinski definition) is 0. The highest BCUT2D eigenvalue weighted by Gasteiger charge is 2.29. The van der Waals surface area contributed by atoms with Gasteiger partial charge in [-0.2, -0.15) is 0 Å². The monoisotopic (exact) mass is 359 g/mol. The Morgan fingerprint density at radius 3 is 2.65 bits per heavy atom. The molecule has 1 saturated heterocycles. The third kappa shape index (κ3) is 3.95. The Morgan fingerprint density at radius 1 is 1.00 bits per heavy atom. The number of fused-ring (bicyclic) bond motifs is 1. The summed E-state index contributed by atoms with van der Waals surface area (Å²) in [5.41, 5.74) is 0. The molecule has 1 aromatic heterocycles. The number of piperidine rings is 1. The molecule has 26 heavy (non-hydrogen) atoms. The van der Waals surface area contributed by atoms with Crippen molar-refractivity contribution in [2.24, 2.45) is 5.92 Å². The normalized spacial score (nSPS) is 25.7. The average molecular weight is 360 g/mol. The summed E-state index contributed by atoms with van der Waals surface area (Å²) in [5.74, 6) is 3.69. The van der Waals surface area contributed by atoms with E-state index in [4.69, 9.17) is 0 Å². The fourth-order valence-corrected chi connectivity index (χ4v) is 5.08. The Bertz CT molecular complexity index is 622. The second kappa shape index (κ2) is 8.07. The van der Waals surface area contributed by atoms with E-state index < -0.39 is 0 Å². The number of hydrogen-bond acceptors (Lipinski definition) is 4. The standard InChI is InChI=1S/C20H33N5O/c1-16(26)24-10-5-8-18(15-24)20-22-21-19-9-11-23(12-13-25(19)20)14-17-6-3-2-4-7-17/h17-18H,2-15H2,1H3/t18-/m1/s1. The van der Waals surface area contributed by atoms with Crippen LogP contribution in [0.3, 0.4) is 0 Å². The Hall–Kier alpha value is -1.43. The van der Waals surface area contributed by atoms with Crippen molar-refractivity contribution in [2.45, 2.75) is 70.8 Å². The van der Waals surface area contributed by atoms with Gasteiger partial charge in [0.15, 0.2) is 0 Å². The topological polar surface area (TPSA) is 54.3 Å². The Morgan fingerprint density at radius 2 is 1.85 bits per heavy atom. The summed E-state index contributed by atoms with van der Waals surface area (Å²) in [7, 11) is 0. The minimum Gasteiger partial charge on any atom is -0.342 e. The maximum absolute atomic E-state index is 11.8. The van der Waals surface area contributed by atoms with Crippen LogP contribution in [0.15, 0.2) is 0 Å². The molecule has 2 aliphatic heterocycles. The molecule has 0 aromatic carbocycles. The molecule has 6 nitrogen and oxygen atoms in total. The van der Waals surface area contributed by atoms with Crippen LogP contribution in [0.25, 0.3) is 0 Å². The highest BCUT2D eigenvalue weighted by Crippen LogP contribution is 2.28. The molecule has 0 spiro atoms. The van der Waals surface area contributed by atoms with Crippen molar-refractivity contribution in [1.82, 2.24) is 24.6 Å². The first-order chi connectivity index (χ1) is 12.7. The molecule has 0 unspecified atom stereocenters. The molecule has 4 rings (SSSR count). The predicted molar refractivity (Wildman–Crippen MR) is 101 cm³/mol. The second-order valence-corrected chi connectivity index (χ2v) is 8.48. The molecule has 3 heterocycles. The SMILES string of the molecule is CC(=O)N1CCC[C@@H](c2nnc3n2CCN(CC2CCCCC2)CC3)C1. The van der Waals surface area contributed by atoms with Crippen LogP contribution in [0.5, 0.6) is 0 Å². The number of amides is 1. The number of rotatable bonds is 3. The molecular weight excluding hydrogens is 326 g/mol.